The molecule has 0 saturated heterocycles. The molecule has 4 N–H and O–H groups in total. The topological polar surface area (TPSA) is 182 Å². The van der Waals surface area contributed by atoms with Crippen LogP contribution in [-0.4, -0.2) is 65.3 Å². The highest BCUT2D eigenvalue weighted by atomic mass is 16.5. The molecule has 0 fully saturated rings. The first-order chi connectivity index (χ1) is 21.3. The van der Waals surface area contributed by atoms with Crippen LogP contribution < -0.4 is 16.4 Å². The second kappa shape index (κ2) is 18.5. The molecule has 12 heteroatoms. The Hall–Kier alpha value is -4.35. The summed E-state index contributed by atoms with van der Waals surface area (Å²) in [5.74, 6) is -2.84. The largest absolute Gasteiger partial charge is 0.461 e. The molecule has 0 spiro atoms. The van der Waals surface area contributed by atoms with E-state index in [-0.39, 0.29) is 86.6 Å². The smallest absolute Gasteiger partial charge is 0.312 e. The molecule has 0 bridgehead atoms. The molecule has 0 saturated carbocycles. The molecule has 12 nitrogen and oxygen atoms in total. The maximum absolute atomic E-state index is 13.4. The number of ether oxygens (including phenoxy) is 1. The lowest BCUT2D eigenvalue weighted by Crippen LogP contribution is -2.46. The zero-order chi connectivity index (χ0) is 33.5. The Morgan fingerprint density at radius 2 is 1.51 bits per heavy atom. The van der Waals surface area contributed by atoms with Crippen LogP contribution >= 0.6 is 0 Å². The summed E-state index contributed by atoms with van der Waals surface area (Å²) >= 11 is 0. The summed E-state index contributed by atoms with van der Waals surface area (Å²) in [5.41, 5.74) is 6.64. The summed E-state index contributed by atoms with van der Waals surface area (Å²) in [4.78, 5) is 86.8. The van der Waals surface area contributed by atoms with Crippen molar-refractivity contribution in [3.05, 3.63) is 47.5 Å². The van der Waals surface area contributed by atoms with Gasteiger partial charge in [0.05, 0.1) is 12.0 Å². The number of Topliss-reactive ketones (excluding diaryl/α,β-unsaturated/α-hetero) is 2. The molecule has 0 aromatic heterocycles. The lowest BCUT2D eigenvalue weighted by molar-refractivity contribution is -0.148. The molecule has 246 valence electrons. The third-order valence-corrected chi connectivity index (χ3v) is 7.50. The number of amides is 5. The summed E-state index contributed by atoms with van der Waals surface area (Å²) in [6.45, 7) is 7.77. The molecule has 0 aliphatic carbocycles. The second-order valence-corrected chi connectivity index (χ2v) is 11.9. The van der Waals surface area contributed by atoms with Gasteiger partial charge in [-0.1, -0.05) is 52.0 Å². The monoisotopic (exact) mass is 626 g/mol. The number of ketones is 2. The minimum Gasteiger partial charge on any atom is -0.461 e. The molecule has 1 aliphatic heterocycles. The number of nitrogens with one attached hydrogen (secondary N) is 2. The average Bonchev–Trinajstić information content (AvgIpc) is 3.30. The van der Waals surface area contributed by atoms with Crippen molar-refractivity contribution in [2.45, 2.75) is 85.3 Å². The standard InChI is InChI=1S/C33H46N4O8/c1-21(2)26(19-25(38)8-5-6-17-37-29(40)14-15-30(37)41)31(42)36-27(9-7-16-35-33(34)44)28(39)18-23-10-12-24(13-11-23)20-45-32(43)22(3)4/h10-15,21-22,26-27H,5-9,16-20H2,1-4H3,(H,36,42)(H3,34,35,44). The fourth-order valence-corrected chi connectivity index (χ4v) is 4.73. The Labute approximate surface area is 264 Å². The van der Waals surface area contributed by atoms with Gasteiger partial charge < -0.3 is 21.1 Å². The summed E-state index contributed by atoms with van der Waals surface area (Å²) in [7, 11) is 0. The van der Waals surface area contributed by atoms with Crippen molar-refractivity contribution in [3.63, 3.8) is 0 Å². The number of rotatable bonds is 20. The second-order valence-electron chi connectivity index (χ2n) is 11.9. The normalized spacial score (nSPS) is 14.0. The van der Waals surface area contributed by atoms with Gasteiger partial charge in [-0.05, 0) is 42.7 Å². The van der Waals surface area contributed by atoms with Gasteiger partial charge in [-0.15, -0.1) is 0 Å². The predicted molar refractivity (Wildman–Crippen MR) is 166 cm³/mol. The quantitative estimate of drug-likeness (QED) is 0.112. The van der Waals surface area contributed by atoms with Crippen LogP contribution in [0.2, 0.25) is 0 Å². The maximum Gasteiger partial charge on any atom is 0.312 e. The third-order valence-electron chi connectivity index (χ3n) is 7.50. The number of hydrogen-bond acceptors (Lipinski definition) is 8. The zero-order valence-electron chi connectivity index (χ0n) is 26.6. The number of urea groups is 1. The van der Waals surface area contributed by atoms with E-state index < -0.39 is 23.9 Å². The van der Waals surface area contributed by atoms with E-state index in [0.717, 1.165) is 16.0 Å². The van der Waals surface area contributed by atoms with E-state index in [4.69, 9.17) is 10.5 Å². The van der Waals surface area contributed by atoms with Crippen LogP contribution in [0.15, 0.2) is 36.4 Å². The van der Waals surface area contributed by atoms with E-state index >= 15 is 0 Å². The van der Waals surface area contributed by atoms with Crippen LogP contribution in [0.3, 0.4) is 0 Å². The molecule has 2 rings (SSSR count). The fourth-order valence-electron chi connectivity index (χ4n) is 4.73. The number of carbonyl (C=O) groups is 7. The minimum absolute atomic E-state index is 0.000379. The number of esters is 1. The van der Waals surface area contributed by atoms with Gasteiger partial charge >= 0.3 is 12.0 Å². The van der Waals surface area contributed by atoms with Crippen molar-refractivity contribution >= 4 is 41.3 Å². The molecule has 2 unspecified atom stereocenters. The fraction of sp³-hybridized carbons (Fsp3) is 0.545. The first kappa shape index (κ1) is 36.8. The molecule has 1 aromatic rings. The zero-order valence-corrected chi connectivity index (χ0v) is 26.6. The van der Waals surface area contributed by atoms with Crippen molar-refractivity contribution in [3.8, 4) is 0 Å². The number of primary amides is 1. The third kappa shape index (κ3) is 13.0. The van der Waals surface area contributed by atoms with Gasteiger partial charge in [0.25, 0.3) is 11.8 Å². The number of nitrogens with zero attached hydrogens (tertiary/aromatic N) is 1. The van der Waals surface area contributed by atoms with E-state index in [1.807, 2.05) is 13.8 Å². The molecular weight excluding hydrogens is 580 g/mol. The van der Waals surface area contributed by atoms with E-state index in [2.05, 4.69) is 10.6 Å². The SMILES string of the molecule is CC(C)C(=O)OCc1ccc(CC(=O)C(CCCNC(N)=O)NC(=O)C(CC(=O)CCCCN2C(=O)C=CC2=O)C(C)C)cc1. The van der Waals surface area contributed by atoms with Crippen molar-refractivity contribution < 1.29 is 38.3 Å². The lowest BCUT2D eigenvalue weighted by atomic mass is 9.88. The summed E-state index contributed by atoms with van der Waals surface area (Å²) in [6.07, 6.45) is 4.28. The van der Waals surface area contributed by atoms with Crippen molar-refractivity contribution in [2.24, 2.45) is 23.5 Å². The molecule has 0 radical (unpaired) electrons. The lowest BCUT2D eigenvalue weighted by Gasteiger charge is -2.24. The van der Waals surface area contributed by atoms with Crippen LogP contribution in [0.25, 0.3) is 0 Å². The van der Waals surface area contributed by atoms with Gasteiger partial charge in [-0.2, -0.15) is 0 Å². The van der Waals surface area contributed by atoms with Crippen LogP contribution in [0.1, 0.15) is 77.3 Å². The van der Waals surface area contributed by atoms with Crippen LogP contribution in [0.5, 0.6) is 0 Å². The Kier molecular flexibility index (Phi) is 15.1. The molecule has 45 heavy (non-hydrogen) atoms. The molecule has 1 heterocycles. The Morgan fingerprint density at radius 1 is 0.889 bits per heavy atom. The first-order valence-electron chi connectivity index (χ1n) is 15.4. The Bertz CT molecular complexity index is 1240. The van der Waals surface area contributed by atoms with Gasteiger partial charge in [-0.25, -0.2) is 4.79 Å². The van der Waals surface area contributed by atoms with Gasteiger partial charge in [0.2, 0.25) is 5.91 Å². The first-order valence-corrected chi connectivity index (χ1v) is 15.4. The minimum atomic E-state index is -0.848. The highest BCUT2D eigenvalue weighted by molar-refractivity contribution is 6.12. The van der Waals surface area contributed by atoms with Gasteiger partial charge in [0.15, 0.2) is 5.78 Å². The van der Waals surface area contributed by atoms with Gasteiger partial charge in [0, 0.05) is 50.4 Å². The number of benzene rings is 1. The van der Waals surface area contributed by atoms with Crippen LogP contribution in [0, 0.1) is 17.8 Å². The van der Waals surface area contributed by atoms with Crippen molar-refractivity contribution in [2.75, 3.05) is 13.1 Å². The molecular formula is C33H46N4O8. The predicted octanol–water partition coefficient (Wildman–Crippen LogP) is 2.76. The maximum atomic E-state index is 13.4. The summed E-state index contributed by atoms with van der Waals surface area (Å²) in [5, 5.41) is 5.33. The molecule has 1 aromatic carbocycles. The summed E-state index contributed by atoms with van der Waals surface area (Å²) in [6, 6.07) is 5.56. The average molecular weight is 627 g/mol. The molecule has 1 aliphatic rings. The Morgan fingerprint density at radius 3 is 2.09 bits per heavy atom. The highest BCUT2D eigenvalue weighted by Crippen LogP contribution is 2.19. The van der Waals surface area contributed by atoms with Gasteiger partial charge in [0.1, 0.15) is 12.4 Å². The highest BCUT2D eigenvalue weighted by Gasteiger charge is 2.29. The van der Waals surface area contributed by atoms with E-state index in [1.165, 1.54) is 12.2 Å². The van der Waals surface area contributed by atoms with Crippen LogP contribution in [-0.2, 0) is 46.5 Å². The molecule has 5 amide bonds. The van der Waals surface area contributed by atoms with E-state index in [0.29, 0.717) is 19.3 Å². The van der Waals surface area contributed by atoms with Crippen LogP contribution in [0.4, 0.5) is 4.79 Å². The van der Waals surface area contributed by atoms with Crippen molar-refractivity contribution in [1.29, 1.82) is 0 Å². The van der Waals surface area contributed by atoms with Gasteiger partial charge in [-0.3, -0.25) is 33.7 Å². The number of hydrogen-bond donors (Lipinski definition) is 3. The number of unbranched alkanes of at least 4 members (excludes halogenated alkanes) is 1. The summed E-state index contributed by atoms with van der Waals surface area (Å²) < 4.78 is 5.24. The number of nitrogens with two attached hydrogens (primary N) is 1. The molecule has 2 atom stereocenters. The Balaban J connectivity index is 1.98. The van der Waals surface area contributed by atoms with E-state index in [9.17, 15) is 33.6 Å². The van der Waals surface area contributed by atoms with E-state index in [1.54, 1.807) is 38.1 Å². The number of imide groups is 1. The number of carbonyl (C=O) groups excluding carboxylic acids is 7. The van der Waals surface area contributed by atoms with Crippen molar-refractivity contribution in [1.82, 2.24) is 15.5 Å².